The Morgan fingerprint density at radius 3 is 2.56 bits per heavy atom. The van der Waals surface area contributed by atoms with Gasteiger partial charge in [0.1, 0.15) is 5.76 Å². The summed E-state index contributed by atoms with van der Waals surface area (Å²) in [6.45, 7) is 11.7. The smallest absolute Gasteiger partial charge is 0.109 e. The lowest BCUT2D eigenvalue weighted by molar-refractivity contribution is 0.280. The average Bonchev–Trinajstić information content (AvgIpc) is 2.42. The van der Waals surface area contributed by atoms with E-state index in [2.05, 4.69) is 18.8 Å². The van der Waals surface area contributed by atoms with Gasteiger partial charge in [-0.15, -0.1) is 0 Å². The highest BCUT2D eigenvalue weighted by Crippen LogP contribution is 2.23. The molecular formula is C16H29NO. The van der Waals surface area contributed by atoms with Gasteiger partial charge in [-0.05, 0) is 38.7 Å². The van der Waals surface area contributed by atoms with Crippen molar-refractivity contribution in [2.24, 2.45) is 0 Å². The zero-order valence-electron chi connectivity index (χ0n) is 12.5. The van der Waals surface area contributed by atoms with Crippen molar-refractivity contribution >= 4 is 0 Å². The standard InChI is InChI=1S/C14H23NO.C2H6/c1-4-7-14(16-3)11-15-10-13-9-6-5-8-12(13)2;1-2/h4,7,15H,1,5-6,8-11H2,2-3H3;1-2H3/b14-7-;. The van der Waals surface area contributed by atoms with E-state index in [0.29, 0.717) is 0 Å². The molecule has 1 rings (SSSR count). The summed E-state index contributed by atoms with van der Waals surface area (Å²) in [7, 11) is 1.70. The molecule has 0 spiro atoms. The van der Waals surface area contributed by atoms with E-state index >= 15 is 0 Å². The summed E-state index contributed by atoms with van der Waals surface area (Å²) in [6.07, 6.45) is 8.88. The van der Waals surface area contributed by atoms with E-state index in [1.807, 2.05) is 19.9 Å². The third-order valence-electron chi connectivity index (χ3n) is 3.09. The highest BCUT2D eigenvalue weighted by molar-refractivity contribution is 5.16. The summed E-state index contributed by atoms with van der Waals surface area (Å²) < 4.78 is 5.22. The van der Waals surface area contributed by atoms with E-state index < -0.39 is 0 Å². The second-order valence-corrected chi connectivity index (χ2v) is 4.27. The number of hydrogen-bond donors (Lipinski definition) is 1. The molecule has 0 aliphatic heterocycles. The fraction of sp³-hybridized carbons (Fsp3) is 0.625. The third kappa shape index (κ3) is 6.65. The Morgan fingerprint density at radius 2 is 2.00 bits per heavy atom. The molecule has 0 aromatic rings. The second-order valence-electron chi connectivity index (χ2n) is 4.27. The lowest BCUT2D eigenvalue weighted by atomic mass is 9.93. The van der Waals surface area contributed by atoms with Crippen LogP contribution in [0.4, 0.5) is 0 Å². The summed E-state index contributed by atoms with van der Waals surface area (Å²) in [5.74, 6) is 0.934. The number of methoxy groups -OCH3 is 1. The third-order valence-corrected chi connectivity index (χ3v) is 3.09. The van der Waals surface area contributed by atoms with Crippen LogP contribution in [-0.2, 0) is 4.74 Å². The lowest BCUT2D eigenvalue weighted by Gasteiger charge is -2.18. The molecule has 2 heteroatoms. The molecule has 2 nitrogen and oxygen atoms in total. The topological polar surface area (TPSA) is 21.3 Å². The first-order valence-electron chi connectivity index (χ1n) is 7.01. The number of allylic oxidation sites excluding steroid dienone is 3. The Morgan fingerprint density at radius 1 is 1.33 bits per heavy atom. The summed E-state index contributed by atoms with van der Waals surface area (Å²) in [6, 6.07) is 0. The van der Waals surface area contributed by atoms with E-state index in [4.69, 9.17) is 4.74 Å². The van der Waals surface area contributed by atoms with Gasteiger partial charge in [-0.2, -0.15) is 0 Å². The first kappa shape index (κ1) is 17.0. The van der Waals surface area contributed by atoms with E-state index in [-0.39, 0.29) is 0 Å². The van der Waals surface area contributed by atoms with Crippen LogP contribution < -0.4 is 5.32 Å². The molecule has 0 amide bonds. The van der Waals surface area contributed by atoms with Gasteiger partial charge in [0.2, 0.25) is 0 Å². The molecule has 0 radical (unpaired) electrons. The Labute approximate surface area is 113 Å². The van der Waals surface area contributed by atoms with Crippen molar-refractivity contribution in [2.45, 2.75) is 46.5 Å². The molecule has 104 valence electrons. The predicted octanol–water partition coefficient (Wildman–Crippen LogP) is 4.21. The largest absolute Gasteiger partial charge is 0.500 e. The molecule has 0 unspecified atom stereocenters. The SMILES string of the molecule is C=C/C=C(/CNCC1=C(C)CCCC1)OC.CC. The zero-order valence-corrected chi connectivity index (χ0v) is 12.5. The molecule has 0 heterocycles. The molecule has 0 atom stereocenters. The maximum absolute atomic E-state index is 5.22. The van der Waals surface area contributed by atoms with Crippen LogP contribution in [0.1, 0.15) is 46.5 Å². The van der Waals surface area contributed by atoms with Gasteiger partial charge in [0, 0.05) is 6.54 Å². The van der Waals surface area contributed by atoms with Gasteiger partial charge in [0.25, 0.3) is 0 Å². The molecule has 0 saturated carbocycles. The quantitative estimate of drug-likeness (QED) is 0.434. The molecule has 1 aliphatic rings. The van der Waals surface area contributed by atoms with Crippen molar-refractivity contribution < 1.29 is 4.74 Å². The minimum Gasteiger partial charge on any atom is -0.500 e. The summed E-state index contributed by atoms with van der Waals surface area (Å²) in [5, 5.41) is 3.42. The molecule has 0 saturated heterocycles. The molecular weight excluding hydrogens is 222 g/mol. The highest BCUT2D eigenvalue weighted by Gasteiger charge is 2.08. The second kappa shape index (κ2) is 11.1. The van der Waals surface area contributed by atoms with Crippen LogP contribution in [0.2, 0.25) is 0 Å². The molecule has 1 N–H and O–H groups in total. The molecule has 0 aromatic carbocycles. The van der Waals surface area contributed by atoms with Gasteiger partial charge < -0.3 is 10.1 Å². The van der Waals surface area contributed by atoms with Crippen molar-refractivity contribution in [3.8, 4) is 0 Å². The molecule has 0 bridgehead atoms. The Balaban J connectivity index is 0.00000137. The van der Waals surface area contributed by atoms with Crippen molar-refractivity contribution in [2.75, 3.05) is 20.2 Å². The van der Waals surface area contributed by atoms with Gasteiger partial charge in [-0.1, -0.05) is 37.6 Å². The summed E-state index contributed by atoms with van der Waals surface area (Å²) in [5.41, 5.74) is 3.16. The van der Waals surface area contributed by atoms with Crippen LogP contribution >= 0.6 is 0 Å². The van der Waals surface area contributed by atoms with Crippen LogP contribution in [-0.4, -0.2) is 20.2 Å². The first-order valence-corrected chi connectivity index (χ1v) is 7.01. The van der Waals surface area contributed by atoms with Gasteiger partial charge in [-0.3, -0.25) is 0 Å². The lowest BCUT2D eigenvalue weighted by Crippen LogP contribution is -2.22. The Hall–Kier alpha value is -1.02. The van der Waals surface area contributed by atoms with Crippen LogP contribution in [0.5, 0.6) is 0 Å². The molecule has 18 heavy (non-hydrogen) atoms. The number of nitrogens with one attached hydrogen (secondary N) is 1. The van der Waals surface area contributed by atoms with Gasteiger partial charge in [-0.25, -0.2) is 0 Å². The van der Waals surface area contributed by atoms with Crippen LogP contribution in [0.15, 0.2) is 35.6 Å². The monoisotopic (exact) mass is 251 g/mol. The number of ether oxygens (including phenoxy) is 1. The number of hydrogen-bond acceptors (Lipinski definition) is 2. The van der Waals surface area contributed by atoms with Crippen molar-refractivity contribution in [1.29, 1.82) is 0 Å². The van der Waals surface area contributed by atoms with Crippen LogP contribution in [0, 0.1) is 0 Å². The van der Waals surface area contributed by atoms with Gasteiger partial charge in [0.15, 0.2) is 0 Å². The molecule has 1 aliphatic carbocycles. The maximum atomic E-state index is 5.22. The van der Waals surface area contributed by atoms with E-state index in [0.717, 1.165) is 18.8 Å². The maximum Gasteiger partial charge on any atom is 0.109 e. The summed E-state index contributed by atoms with van der Waals surface area (Å²) in [4.78, 5) is 0. The van der Waals surface area contributed by atoms with E-state index in [9.17, 15) is 0 Å². The molecule has 0 fully saturated rings. The number of rotatable bonds is 6. The first-order chi connectivity index (χ1) is 8.77. The Kier molecular flexibility index (Phi) is 10.5. The fourth-order valence-electron chi connectivity index (χ4n) is 2.03. The Bertz CT molecular complexity index is 289. The predicted molar refractivity (Wildman–Crippen MR) is 80.7 cm³/mol. The van der Waals surface area contributed by atoms with E-state index in [1.54, 1.807) is 24.3 Å². The normalized spacial score (nSPS) is 15.9. The zero-order chi connectivity index (χ0) is 13.8. The minimum absolute atomic E-state index is 0.777. The van der Waals surface area contributed by atoms with Crippen LogP contribution in [0.3, 0.4) is 0 Å². The highest BCUT2D eigenvalue weighted by atomic mass is 16.5. The van der Waals surface area contributed by atoms with Crippen molar-refractivity contribution in [3.63, 3.8) is 0 Å². The average molecular weight is 251 g/mol. The van der Waals surface area contributed by atoms with Crippen molar-refractivity contribution in [1.82, 2.24) is 5.32 Å². The van der Waals surface area contributed by atoms with Gasteiger partial charge in [0.05, 0.1) is 13.7 Å². The molecule has 0 aromatic heterocycles. The van der Waals surface area contributed by atoms with Crippen LogP contribution in [0.25, 0.3) is 0 Å². The van der Waals surface area contributed by atoms with Crippen molar-refractivity contribution in [3.05, 3.63) is 35.6 Å². The minimum atomic E-state index is 0.777. The fourth-order valence-corrected chi connectivity index (χ4v) is 2.03. The summed E-state index contributed by atoms with van der Waals surface area (Å²) >= 11 is 0. The van der Waals surface area contributed by atoms with Gasteiger partial charge >= 0.3 is 0 Å². The van der Waals surface area contributed by atoms with E-state index in [1.165, 1.54) is 25.7 Å².